The number of unbranched alkanes of at least 4 members (excludes halogenated alkanes) is 12. The third kappa shape index (κ3) is 14.3. The molecule has 0 aliphatic carbocycles. The van der Waals surface area contributed by atoms with E-state index in [0.717, 1.165) is 95.5 Å². The van der Waals surface area contributed by atoms with Gasteiger partial charge in [-0.2, -0.15) is 0 Å². The molecule has 0 amide bonds. The molecule has 8 nitrogen and oxygen atoms in total. The van der Waals surface area contributed by atoms with Crippen LogP contribution in [0.25, 0.3) is 0 Å². The summed E-state index contributed by atoms with van der Waals surface area (Å²) in [5.74, 6) is -0.127. The summed E-state index contributed by atoms with van der Waals surface area (Å²) in [5.41, 5.74) is 0.859. The van der Waals surface area contributed by atoms with Gasteiger partial charge >= 0.3 is 5.97 Å². The molecule has 2 saturated heterocycles. The van der Waals surface area contributed by atoms with E-state index in [1.807, 2.05) is 19.9 Å². The van der Waals surface area contributed by atoms with Crippen LogP contribution in [0.5, 0.6) is 0 Å². The lowest BCUT2D eigenvalue weighted by Gasteiger charge is -2.24. The number of rotatable bonds is 25. The SMILES string of the molecule is CC[C@H](O)[C@H](O)CCCCCC[C@H](O)[C@H]1CC[C@H]([C@H]2CC[C@@H]([C@H](O)CCCCCCCCCCCCC3=C[C@@H](C)OC3=O)O2)O1. The Balaban J connectivity index is 1.12. The van der Waals surface area contributed by atoms with E-state index in [1.54, 1.807) is 0 Å². The van der Waals surface area contributed by atoms with E-state index >= 15 is 0 Å². The molecule has 3 rings (SSSR count). The maximum atomic E-state index is 11.6. The lowest BCUT2D eigenvalue weighted by atomic mass is 10.00. The van der Waals surface area contributed by atoms with Crippen LogP contribution in [-0.4, -0.2) is 81.3 Å². The third-order valence-corrected chi connectivity index (χ3v) is 10.2. The zero-order chi connectivity index (χ0) is 32.4. The van der Waals surface area contributed by atoms with Crippen molar-refractivity contribution in [1.82, 2.24) is 0 Å². The molecule has 4 N–H and O–H groups in total. The van der Waals surface area contributed by atoms with Crippen LogP contribution in [0, 0.1) is 0 Å². The van der Waals surface area contributed by atoms with E-state index in [2.05, 4.69) is 0 Å². The number of hydrogen-bond donors (Lipinski definition) is 4. The molecular formula is C37H66O8. The first-order valence-electron chi connectivity index (χ1n) is 18.7. The largest absolute Gasteiger partial charge is 0.455 e. The minimum absolute atomic E-state index is 0.0145. The second-order valence-corrected chi connectivity index (χ2v) is 14.1. The molecular weight excluding hydrogens is 572 g/mol. The third-order valence-electron chi connectivity index (χ3n) is 10.2. The summed E-state index contributed by atoms with van der Waals surface area (Å²) in [7, 11) is 0. The number of aliphatic hydroxyl groups is 4. The minimum Gasteiger partial charge on any atom is -0.455 e. The van der Waals surface area contributed by atoms with Crippen LogP contribution in [0.1, 0.15) is 162 Å². The molecule has 9 atom stereocenters. The Morgan fingerprint density at radius 3 is 1.53 bits per heavy atom. The smallest absolute Gasteiger partial charge is 0.334 e. The van der Waals surface area contributed by atoms with Crippen molar-refractivity contribution in [3.63, 3.8) is 0 Å². The van der Waals surface area contributed by atoms with E-state index in [-0.39, 0.29) is 36.5 Å². The second-order valence-electron chi connectivity index (χ2n) is 14.1. The van der Waals surface area contributed by atoms with E-state index in [1.165, 1.54) is 44.9 Å². The van der Waals surface area contributed by atoms with Crippen LogP contribution < -0.4 is 0 Å². The Hall–Kier alpha value is -1.03. The lowest BCUT2D eigenvalue weighted by molar-refractivity contribution is -0.139. The van der Waals surface area contributed by atoms with Gasteiger partial charge in [-0.15, -0.1) is 0 Å². The summed E-state index contributed by atoms with van der Waals surface area (Å²) < 4.78 is 17.7. The fourth-order valence-corrected chi connectivity index (χ4v) is 7.29. The molecule has 3 heterocycles. The molecule has 0 radical (unpaired) electrons. The van der Waals surface area contributed by atoms with Gasteiger partial charge in [0, 0.05) is 5.57 Å². The van der Waals surface area contributed by atoms with Crippen LogP contribution in [0.15, 0.2) is 11.6 Å². The zero-order valence-electron chi connectivity index (χ0n) is 28.5. The average molecular weight is 639 g/mol. The molecule has 3 aliphatic heterocycles. The molecule has 2 fully saturated rings. The van der Waals surface area contributed by atoms with Crippen molar-refractivity contribution < 1.29 is 39.4 Å². The molecule has 0 spiro atoms. The summed E-state index contributed by atoms with van der Waals surface area (Å²) >= 11 is 0. The molecule has 0 aromatic heterocycles. The summed E-state index contributed by atoms with van der Waals surface area (Å²) in [6.07, 6.45) is 22.5. The van der Waals surface area contributed by atoms with E-state index in [9.17, 15) is 25.2 Å². The average Bonchev–Trinajstić information content (AvgIpc) is 3.78. The number of hydrogen-bond acceptors (Lipinski definition) is 8. The molecule has 8 heteroatoms. The van der Waals surface area contributed by atoms with Crippen molar-refractivity contribution in [2.45, 2.75) is 216 Å². The lowest BCUT2D eigenvalue weighted by Crippen LogP contribution is -2.33. The molecule has 262 valence electrons. The van der Waals surface area contributed by atoms with Crippen molar-refractivity contribution in [2.75, 3.05) is 0 Å². The maximum absolute atomic E-state index is 11.6. The van der Waals surface area contributed by atoms with Crippen molar-refractivity contribution in [2.24, 2.45) is 0 Å². The Morgan fingerprint density at radius 2 is 1.09 bits per heavy atom. The van der Waals surface area contributed by atoms with Gasteiger partial charge in [0.05, 0.1) is 48.8 Å². The van der Waals surface area contributed by atoms with Crippen molar-refractivity contribution in [3.8, 4) is 0 Å². The minimum atomic E-state index is -0.628. The van der Waals surface area contributed by atoms with E-state index in [0.29, 0.717) is 12.8 Å². The summed E-state index contributed by atoms with van der Waals surface area (Å²) in [5, 5.41) is 41.0. The van der Waals surface area contributed by atoms with Gasteiger partial charge in [0.1, 0.15) is 6.10 Å². The highest BCUT2D eigenvalue weighted by molar-refractivity contribution is 5.90. The number of aliphatic hydroxyl groups excluding tert-OH is 4. The molecule has 3 aliphatic rings. The van der Waals surface area contributed by atoms with Gasteiger partial charge in [-0.25, -0.2) is 4.79 Å². The molecule has 0 bridgehead atoms. The van der Waals surface area contributed by atoms with Gasteiger partial charge < -0.3 is 34.6 Å². The monoisotopic (exact) mass is 638 g/mol. The number of carbonyl (C=O) groups is 1. The van der Waals surface area contributed by atoms with Gasteiger partial charge in [0.2, 0.25) is 0 Å². The Labute approximate surface area is 273 Å². The Bertz CT molecular complexity index is 833. The molecule has 45 heavy (non-hydrogen) atoms. The van der Waals surface area contributed by atoms with Gasteiger partial charge in [0.25, 0.3) is 0 Å². The highest BCUT2D eigenvalue weighted by Crippen LogP contribution is 2.34. The summed E-state index contributed by atoms with van der Waals surface area (Å²) in [6, 6.07) is 0. The molecule has 0 aromatic rings. The fourth-order valence-electron chi connectivity index (χ4n) is 7.29. The van der Waals surface area contributed by atoms with Crippen molar-refractivity contribution >= 4 is 5.97 Å². The first-order valence-corrected chi connectivity index (χ1v) is 18.7. The highest BCUT2D eigenvalue weighted by Gasteiger charge is 2.40. The summed E-state index contributed by atoms with van der Waals surface area (Å²) in [4.78, 5) is 11.6. The van der Waals surface area contributed by atoms with Crippen molar-refractivity contribution in [3.05, 3.63) is 11.6 Å². The number of cyclic esters (lactones) is 1. The summed E-state index contributed by atoms with van der Waals surface area (Å²) in [6.45, 7) is 3.79. The standard InChI is InChI=1S/C37H66O8/c1-3-29(38)30(39)19-15-12-13-17-21-32(41)34-23-25-36(45-34)35-24-22-33(44-35)31(40)20-16-11-9-7-5-4-6-8-10-14-18-28-26-27(2)43-37(28)42/h26-27,29-36,38-41H,3-25H2,1-2H3/t27-,29+,30-,31-,32+,33+,34-,35-,36-/m1/s1. The normalized spacial score (nSPS) is 27.8. The van der Waals surface area contributed by atoms with Crippen LogP contribution in [0.3, 0.4) is 0 Å². The van der Waals surface area contributed by atoms with E-state index < -0.39 is 24.4 Å². The van der Waals surface area contributed by atoms with Gasteiger partial charge in [-0.3, -0.25) is 0 Å². The van der Waals surface area contributed by atoms with Gasteiger partial charge in [-0.05, 0) is 77.2 Å². The maximum Gasteiger partial charge on any atom is 0.334 e. The van der Waals surface area contributed by atoms with E-state index in [4.69, 9.17) is 14.2 Å². The first-order chi connectivity index (χ1) is 21.8. The van der Waals surface area contributed by atoms with Gasteiger partial charge in [-0.1, -0.05) is 90.4 Å². The van der Waals surface area contributed by atoms with Crippen LogP contribution in [0.4, 0.5) is 0 Å². The number of esters is 1. The predicted molar refractivity (Wildman–Crippen MR) is 177 cm³/mol. The zero-order valence-corrected chi connectivity index (χ0v) is 28.5. The molecule has 0 unspecified atom stereocenters. The molecule has 0 aromatic carbocycles. The quantitative estimate of drug-likeness (QED) is 0.0634. The van der Waals surface area contributed by atoms with Crippen molar-refractivity contribution in [1.29, 1.82) is 0 Å². The Morgan fingerprint density at radius 1 is 0.644 bits per heavy atom. The fraction of sp³-hybridized carbons (Fsp3) is 0.919. The number of carbonyl (C=O) groups excluding carboxylic acids is 1. The van der Waals surface area contributed by atoms with Crippen LogP contribution in [-0.2, 0) is 19.0 Å². The van der Waals surface area contributed by atoms with Crippen LogP contribution >= 0.6 is 0 Å². The second kappa shape index (κ2) is 21.8. The topological polar surface area (TPSA) is 126 Å². The number of ether oxygens (including phenoxy) is 3. The first kappa shape index (κ1) is 38.4. The predicted octanol–water partition coefficient (Wildman–Crippen LogP) is 6.83. The van der Waals surface area contributed by atoms with Gasteiger partial charge in [0.15, 0.2) is 0 Å². The Kier molecular flexibility index (Phi) is 18.6. The molecule has 0 saturated carbocycles. The van der Waals surface area contributed by atoms with Crippen LogP contribution in [0.2, 0.25) is 0 Å². The highest BCUT2D eigenvalue weighted by atomic mass is 16.6.